The van der Waals surface area contributed by atoms with Crippen molar-refractivity contribution in [3.05, 3.63) is 21.8 Å². The van der Waals surface area contributed by atoms with Crippen LogP contribution in [0.2, 0.25) is 0 Å². The van der Waals surface area contributed by atoms with E-state index in [0.29, 0.717) is 34.8 Å². The van der Waals surface area contributed by atoms with Gasteiger partial charge in [0.1, 0.15) is 4.70 Å². The summed E-state index contributed by atoms with van der Waals surface area (Å²) in [6, 6.07) is 1.86. The number of rotatable bonds is 9. The van der Waals surface area contributed by atoms with E-state index in [4.69, 9.17) is 0 Å². The lowest BCUT2D eigenvalue weighted by Crippen LogP contribution is -2.28. The predicted octanol–water partition coefficient (Wildman–Crippen LogP) is 3.76. The highest BCUT2D eigenvalue weighted by atomic mass is 32.2. The Morgan fingerprint density at radius 3 is 2.68 bits per heavy atom. The van der Waals surface area contributed by atoms with E-state index in [2.05, 4.69) is 38.0 Å². The Labute approximate surface area is 157 Å². The minimum absolute atomic E-state index is 0.00312. The predicted molar refractivity (Wildman–Crippen MR) is 107 cm³/mol. The Bertz CT molecular complexity index is 765. The zero-order valence-corrected chi connectivity index (χ0v) is 17.0. The maximum Gasteiger partial charge on any atom is 0.272 e. The number of fused-ring (bicyclic) bond motifs is 1. The summed E-state index contributed by atoms with van der Waals surface area (Å²) in [4.78, 5) is 29.4. The van der Waals surface area contributed by atoms with Gasteiger partial charge in [-0.25, -0.2) is 4.98 Å². The molecule has 0 fully saturated rings. The Morgan fingerprint density at radius 2 is 2.00 bits per heavy atom. The van der Waals surface area contributed by atoms with E-state index in [9.17, 15) is 9.59 Å². The topological polar surface area (TPSA) is 64.0 Å². The van der Waals surface area contributed by atoms with Crippen molar-refractivity contribution < 1.29 is 4.79 Å². The van der Waals surface area contributed by atoms with Crippen molar-refractivity contribution in [2.24, 2.45) is 11.8 Å². The van der Waals surface area contributed by atoms with E-state index >= 15 is 0 Å². The van der Waals surface area contributed by atoms with Crippen LogP contribution in [0.15, 0.2) is 21.4 Å². The van der Waals surface area contributed by atoms with Gasteiger partial charge in [-0.2, -0.15) is 0 Å². The average molecular weight is 382 g/mol. The van der Waals surface area contributed by atoms with Gasteiger partial charge in [0.15, 0.2) is 5.16 Å². The minimum atomic E-state index is -0.0132. The molecule has 0 aliphatic heterocycles. The van der Waals surface area contributed by atoms with Gasteiger partial charge < -0.3 is 5.32 Å². The van der Waals surface area contributed by atoms with Gasteiger partial charge in [0.05, 0.1) is 11.3 Å². The van der Waals surface area contributed by atoms with E-state index in [1.54, 1.807) is 4.57 Å². The molecule has 1 N–H and O–H groups in total. The van der Waals surface area contributed by atoms with Crippen LogP contribution in [-0.2, 0) is 11.3 Å². The Balaban J connectivity index is 2.11. The minimum Gasteiger partial charge on any atom is -0.355 e. The highest BCUT2D eigenvalue weighted by Gasteiger charge is 2.14. The average Bonchev–Trinajstić information content (AvgIpc) is 3.00. The second-order valence-electron chi connectivity index (χ2n) is 6.99. The number of carbonyl (C=O) groups excluding carboxylic acids is 1. The van der Waals surface area contributed by atoms with Crippen molar-refractivity contribution in [2.45, 2.75) is 52.2 Å². The van der Waals surface area contributed by atoms with Crippen molar-refractivity contribution in [2.75, 3.05) is 12.3 Å². The highest BCUT2D eigenvalue weighted by Crippen LogP contribution is 2.21. The van der Waals surface area contributed by atoms with E-state index in [0.717, 1.165) is 18.4 Å². The smallest absolute Gasteiger partial charge is 0.272 e. The second-order valence-corrected chi connectivity index (χ2v) is 8.85. The molecular formula is C18H27N3O2S2. The third kappa shape index (κ3) is 5.85. The number of hydrogen-bond donors (Lipinski definition) is 1. The standard InChI is InChI=1S/C18H27N3O2S2/c1-12(2)5-8-19-15(22)11-25-18-20-14-7-10-24-16(14)17(23)21(18)9-6-13(3)4/h7,10,12-13H,5-6,8-9,11H2,1-4H3,(H,19,22). The van der Waals surface area contributed by atoms with Gasteiger partial charge in [0.25, 0.3) is 5.56 Å². The highest BCUT2D eigenvalue weighted by molar-refractivity contribution is 7.99. The van der Waals surface area contributed by atoms with Crippen molar-refractivity contribution in [3.8, 4) is 0 Å². The molecular weight excluding hydrogens is 354 g/mol. The first-order valence-electron chi connectivity index (χ1n) is 8.76. The SMILES string of the molecule is CC(C)CCNC(=O)CSc1nc2ccsc2c(=O)n1CCC(C)C. The number of hydrogen-bond acceptors (Lipinski definition) is 5. The largest absolute Gasteiger partial charge is 0.355 e. The fraction of sp³-hybridized carbons (Fsp3) is 0.611. The first-order chi connectivity index (χ1) is 11.9. The van der Waals surface area contributed by atoms with Crippen LogP contribution < -0.4 is 10.9 Å². The number of thioether (sulfide) groups is 1. The molecule has 0 aromatic carbocycles. The van der Waals surface area contributed by atoms with Crippen molar-refractivity contribution in [1.82, 2.24) is 14.9 Å². The van der Waals surface area contributed by atoms with Crippen LogP contribution in [0.4, 0.5) is 0 Å². The van der Waals surface area contributed by atoms with Crippen LogP contribution in [0.3, 0.4) is 0 Å². The summed E-state index contributed by atoms with van der Waals surface area (Å²) in [6.45, 7) is 9.86. The fourth-order valence-electron chi connectivity index (χ4n) is 2.30. The summed E-state index contributed by atoms with van der Waals surface area (Å²) in [7, 11) is 0. The summed E-state index contributed by atoms with van der Waals surface area (Å²) in [5.41, 5.74) is 0.724. The van der Waals surface area contributed by atoms with Crippen molar-refractivity contribution >= 4 is 39.2 Å². The molecule has 0 aliphatic rings. The van der Waals surface area contributed by atoms with Gasteiger partial charge in [-0.05, 0) is 36.1 Å². The molecule has 2 heterocycles. The zero-order chi connectivity index (χ0) is 18.4. The van der Waals surface area contributed by atoms with Crippen LogP contribution in [0.5, 0.6) is 0 Å². The maximum atomic E-state index is 12.7. The molecule has 1 amide bonds. The molecule has 0 spiro atoms. The molecule has 0 bridgehead atoms. The molecule has 2 aromatic rings. The van der Waals surface area contributed by atoms with E-state index in [-0.39, 0.29) is 17.2 Å². The number of carbonyl (C=O) groups is 1. The zero-order valence-electron chi connectivity index (χ0n) is 15.4. The first kappa shape index (κ1) is 20.0. The first-order valence-corrected chi connectivity index (χ1v) is 10.6. The Kier molecular flexibility index (Phi) is 7.50. The molecule has 0 radical (unpaired) electrons. The van der Waals surface area contributed by atoms with E-state index in [1.807, 2.05) is 11.4 Å². The summed E-state index contributed by atoms with van der Waals surface area (Å²) in [5, 5.41) is 5.45. The lowest BCUT2D eigenvalue weighted by atomic mass is 10.1. The maximum absolute atomic E-state index is 12.7. The summed E-state index contributed by atoms with van der Waals surface area (Å²) in [6.07, 6.45) is 1.88. The van der Waals surface area contributed by atoms with E-state index < -0.39 is 0 Å². The number of nitrogens with zero attached hydrogens (tertiary/aromatic N) is 2. The lowest BCUT2D eigenvalue weighted by Gasteiger charge is -2.13. The third-order valence-electron chi connectivity index (χ3n) is 3.84. The number of nitrogens with one attached hydrogen (secondary N) is 1. The molecule has 2 rings (SSSR count). The molecule has 0 saturated heterocycles. The monoisotopic (exact) mass is 381 g/mol. The lowest BCUT2D eigenvalue weighted by molar-refractivity contribution is -0.118. The van der Waals surface area contributed by atoms with E-state index in [1.165, 1.54) is 23.1 Å². The van der Waals surface area contributed by atoms with Gasteiger partial charge in [-0.1, -0.05) is 39.5 Å². The molecule has 0 saturated carbocycles. The summed E-state index contributed by atoms with van der Waals surface area (Å²) in [5.74, 6) is 1.34. The molecule has 0 aliphatic carbocycles. The summed E-state index contributed by atoms with van der Waals surface area (Å²) < 4.78 is 2.42. The molecule has 138 valence electrons. The van der Waals surface area contributed by atoms with Gasteiger partial charge in [-0.15, -0.1) is 11.3 Å². The molecule has 7 heteroatoms. The van der Waals surface area contributed by atoms with Gasteiger partial charge in [-0.3, -0.25) is 14.2 Å². The van der Waals surface area contributed by atoms with Crippen LogP contribution in [0.25, 0.3) is 10.2 Å². The molecule has 2 aromatic heterocycles. The van der Waals surface area contributed by atoms with Crippen LogP contribution >= 0.6 is 23.1 Å². The number of amides is 1. The normalized spacial score (nSPS) is 11.6. The number of aromatic nitrogens is 2. The number of thiophene rings is 1. The van der Waals surface area contributed by atoms with Gasteiger partial charge in [0.2, 0.25) is 5.91 Å². The van der Waals surface area contributed by atoms with Gasteiger partial charge >= 0.3 is 0 Å². The van der Waals surface area contributed by atoms with Crippen molar-refractivity contribution in [3.63, 3.8) is 0 Å². The quantitative estimate of drug-likeness (QED) is 0.531. The van der Waals surface area contributed by atoms with Crippen LogP contribution in [0.1, 0.15) is 40.5 Å². The molecule has 0 atom stereocenters. The third-order valence-corrected chi connectivity index (χ3v) is 5.71. The molecule has 5 nitrogen and oxygen atoms in total. The van der Waals surface area contributed by atoms with Crippen molar-refractivity contribution in [1.29, 1.82) is 0 Å². The van der Waals surface area contributed by atoms with Gasteiger partial charge in [0, 0.05) is 13.1 Å². The Morgan fingerprint density at radius 1 is 1.28 bits per heavy atom. The van der Waals surface area contributed by atoms with Crippen LogP contribution in [0, 0.1) is 11.8 Å². The molecule has 0 unspecified atom stereocenters. The summed E-state index contributed by atoms with van der Waals surface area (Å²) >= 11 is 2.77. The second kappa shape index (κ2) is 9.38. The molecule has 25 heavy (non-hydrogen) atoms. The fourth-order valence-corrected chi connectivity index (χ4v) is 3.93. The van der Waals surface area contributed by atoms with Crippen LogP contribution in [-0.4, -0.2) is 27.8 Å². The Hall–Kier alpha value is -1.34.